The van der Waals surface area contributed by atoms with Gasteiger partial charge in [0.25, 0.3) is 0 Å². The molecule has 1 atom stereocenters. The third-order valence-electron chi connectivity index (χ3n) is 4.90. The number of hydrogen-bond donors (Lipinski definition) is 1. The van der Waals surface area contributed by atoms with Crippen molar-refractivity contribution < 1.29 is 13.2 Å². The molecule has 1 aromatic heterocycles. The van der Waals surface area contributed by atoms with Crippen molar-refractivity contribution in [3.05, 3.63) is 65.9 Å². The van der Waals surface area contributed by atoms with E-state index in [0.717, 1.165) is 22.0 Å². The van der Waals surface area contributed by atoms with Crippen LogP contribution in [0.3, 0.4) is 0 Å². The van der Waals surface area contributed by atoms with Gasteiger partial charge in [-0.3, -0.25) is 4.79 Å². The van der Waals surface area contributed by atoms with Gasteiger partial charge in [0, 0.05) is 12.1 Å². The Morgan fingerprint density at radius 2 is 2.00 bits per heavy atom. The number of aryl methyl sites for hydroxylation is 1. The summed E-state index contributed by atoms with van der Waals surface area (Å²) in [7, 11) is -3.03. The molecule has 1 N–H and O–H groups in total. The summed E-state index contributed by atoms with van der Waals surface area (Å²) in [5.74, 6) is 0.454. The topological polar surface area (TPSA) is 81.1 Å². The van der Waals surface area contributed by atoms with Crippen LogP contribution in [-0.4, -0.2) is 35.6 Å². The summed E-state index contributed by atoms with van der Waals surface area (Å²) < 4.78 is 25.2. The lowest BCUT2D eigenvalue weighted by Gasteiger charge is -2.13. The summed E-state index contributed by atoms with van der Waals surface area (Å²) >= 11 is 0. The monoisotopic (exact) mass is 395 g/mol. The van der Waals surface area contributed by atoms with Gasteiger partial charge in [-0.25, -0.2) is 13.1 Å². The van der Waals surface area contributed by atoms with Gasteiger partial charge in [-0.05, 0) is 35.8 Å². The van der Waals surface area contributed by atoms with Crippen molar-refractivity contribution in [1.82, 2.24) is 9.78 Å². The highest BCUT2D eigenvalue weighted by atomic mass is 32.2. The molecule has 0 bridgehead atoms. The van der Waals surface area contributed by atoms with Gasteiger partial charge in [-0.2, -0.15) is 5.10 Å². The molecule has 144 valence electrons. The molecule has 2 heterocycles. The van der Waals surface area contributed by atoms with Gasteiger partial charge >= 0.3 is 0 Å². The molecular formula is C21H21N3O3S. The Labute approximate surface area is 163 Å². The highest BCUT2D eigenvalue weighted by molar-refractivity contribution is 7.91. The molecule has 1 amide bonds. The van der Waals surface area contributed by atoms with Crippen LogP contribution in [0.2, 0.25) is 0 Å². The standard InChI is InChI=1S/C21H21N3O3S/c1-15-13-20(24(23-15)18-11-12-28(26,27)14-18)22-21(25)10-9-17-7-4-6-16-5-2-3-8-19(16)17/h2-10,13,18H,11-12,14H2,1H3,(H,22,25)/b10-9+. The van der Waals surface area contributed by atoms with Crippen LogP contribution in [0.5, 0.6) is 0 Å². The van der Waals surface area contributed by atoms with Crippen molar-refractivity contribution in [2.24, 2.45) is 0 Å². The number of carbonyl (C=O) groups is 1. The predicted octanol–water partition coefficient (Wildman–Crippen LogP) is 3.36. The van der Waals surface area contributed by atoms with Gasteiger partial charge in [0.05, 0.1) is 23.2 Å². The van der Waals surface area contributed by atoms with E-state index in [1.54, 1.807) is 16.8 Å². The first-order chi connectivity index (χ1) is 13.4. The molecular weight excluding hydrogens is 374 g/mol. The Bertz CT molecular complexity index is 1170. The van der Waals surface area contributed by atoms with E-state index in [2.05, 4.69) is 10.4 Å². The van der Waals surface area contributed by atoms with Crippen molar-refractivity contribution in [3.63, 3.8) is 0 Å². The van der Waals surface area contributed by atoms with Gasteiger partial charge in [-0.15, -0.1) is 0 Å². The number of anilines is 1. The van der Waals surface area contributed by atoms with Crippen LogP contribution in [0.4, 0.5) is 5.82 Å². The highest BCUT2D eigenvalue weighted by Crippen LogP contribution is 2.27. The Morgan fingerprint density at radius 1 is 1.21 bits per heavy atom. The highest BCUT2D eigenvalue weighted by Gasteiger charge is 2.31. The number of aromatic nitrogens is 2. The molecule has 0 saturated carbocycles. The first-order valence-corrected chi connectivity index (χ1v) is 11.0. The molecule has 1 aliphatic rings. The van der Waals surface area contributed by atoms with Crippen LogP contribution < -0.4 is 5.32 Å². The number of amides is 1. The van der Waals surface area contributed by atoms with Gasteiger partial charge in [-0.1, -0.05) is 42.5 Å². The summed E-state index contributed by atoms with van der Waals surface area (Å²) in [5.41, 5.74) is 1.69. The van der Waals surface area contributed by atoms with E-state index in [-0.39, 0.29) is 23.5 Å². The summed E-state index contributed by atoms with van der Waals surface area (Å²) in [6, 6.07) is 15.5. The Morgan fingerprint density at radius 3 is 2.79 bits per heavy atom. The Hall–Kier alpha value is -2.93. The van der Waals surface area contributed by atoms with E-state index >= 15 is 0 Å². The smallest absolute Gasteiger partial charge is 0.249 e. The van der Waals surface area contributed by atoms with Crippen LogP contribution >= 0.6 is 0 Å². The van der Waals surface area contributed by atoms with E-state index in [0.29, 0.717) is 12.2 Å². The van der Waals surface area contributed by atoms with Crippen LogP contribution in [0.1, 0.15) is 23.7 Å². The zero-order valence-corrected chi connectivity index (χ0v) is 16.3. The maximum Gasteiger partial charge on any atom is 0.249 e. The number of nitrogens with one attached hydrogen (secondary N) is 1. The third kappa shape index (κ3) is 3.84. The molecule has 4 rings (SSSR count). The number of nitrogens with zero attached hydrogens (tertiary/aromatic N) is 2. The molecule has 28 heavy (non-hydrogen) atoms. The van der Waals surface area contributed by atoms with Gasteiger partial charge < -0.3 is 5.32 Å². The molecule has 1 fully saturated rings. The number of rotatable bonds is 4. The molecule has 1 aliphatic heterocycles. The lowest BCUT2D eigenvalue weighted by atomic mass is 10.0. The number of fused-ring (bicyclic) bond motifs is 1. The SMILES string of the molecule is Cc1cc(NC(=O)/C=C/c2cccc3ccccc23)n(C2CCS(=O)(=O)C2)n1. The average molecular weight is 395 g/mol. The summed E-state index contributed by atoms with van der Waals surface area (Å²) in [6.07, 6.45) is 3.78. The maximum atomic E-state index is 12.5. The molecule has 0 spiro atoms. The first kappa shape index (κ1) is 18.4. The molecule has 6 nitrogen and oxygen atoms in total. The minimum atomic E-state index is -3.03. The van der Waals surface area contributed by atoms with Crippen LogP contribution in [-0.2, 0) is 14.6 Å². The molecule has 0 radical (unpaired) electrons. The number of sulfone groups is 1. The van der Waals surface area contributed by atoms with Crippen molar-refractivity contribution in [2.75, 3.05) is 16.8 Å². The van der Waals surface area contributed by atoms with E-state index in [1.807, 2.05) is 49.4 Å². The van der Waals surface area contributed by atoms with E-state index in [4.69, 9.17) is 0 Å². The van der Waals surface area contributed by atoms with Crippen molar-refractivity contribution in [3.8, 4) is 0 Å². The molecule has 3 aromatic rings. The molecule has 1 unspecified atom stereocenters. The van der Waals surface area contributed by atoms with Crippen molar-refractivity contribution >= 4 is 38.4 Å². The third-order valence-corrected chi connectivity index (χ3v) is 6.65. The van der Waals surface area contributed by atoms with Crippen molar-refractivity contribution in [1.29, 1.82) is 0 Å². The second kappa shape index (κ2) is 7.24. The lowest BCUT2D eigenvalue weighted by Crippen LogP contribution is -2.18. The zero-order chi connectivity index (χ0) is 19.7. The number of benzene rings is 2. The van der Waals surface area contributed by atoms with Gasteiger partial charge in [0.2, 0.25) is 5.91 Å². The molecule has 7 heteroatoms. The largest absolute Gasteiger partial charge is 0.307 e. The minimum Gasteiger partial charge on any atom is -0.307 e. The summed E-state index contributed by atoms with van der Waals surface area (Å²) in [5, 5.41) is 9.40. The van der Waals surface area contributed by atoms with Gasteiger partial charge in [0.15, 0.2) is 9.84 Å². The Kier molecular flexibility index (Phi) is 4.77. The average Bonchev–Trinajstić information content (AvgIpc) is 3.21. The Balaban J connectivity index is 1.54. The van der Waals surface area contributed by atoms with E-state index in [9.17, 15) is 13.2 Å². The number of carbonyl (C=O) groups excluding carboxylic acids is 1. The fraction of sp³-hybridized carbons (Fsp3) is 0.238. The molecule has 2 aromatic carbocycles. The maximum absolute atomic E-state index is 12.5. The van der Waals surface area contributed by atoms with Crippen molar-refractivity contribution in [2.45, 2.75) is 19.4 Å². The van der Waals surface area contributed by atoms with Gasteiger partial charge in [0.1, 0.15) is 5.82 Å². The summed E-state index contributed by atoms with van der Waals surface area (Å²) in [4.78, 5) is 12.5. The lowest BCUT2D eigenvalue weighted by molar-refractivity contribution is -0.111. The van der Waals surface area contributed by atoms with Crippen LogP contribution in [0.25, 0.3) is 16.8 Å². The second-order valence-electron chi connectivity index (χ2n) is 7.06. The second-order valence-corrected chi connectivity index (χ2v) is 9.29. The first-order valence-electron chi connectivity index (χ1n) is 9.15. The normalized spacial score (nSPS) is 18.7. The quantitative estimate of drug-likeness (QED) is 0.687. The molecule has 1 saturated heterocycles. The minimum absolute atomic E-state index is 0.0584. The predicted molar refractivity (Wildman–Crippen MR) is 111 cm³/mol. The fourth-order valence-electron chi connectivity index (χ4n) is 3.59. The molecule has 0 aliphatic carbocycles. The van der Waals surface area contributed by atoms with E-state index < -0.39 is 9.84 Å². The van der Waals surface area contributed by atoms with Crippen LogP contribution in [0, 0.1) is 6.92 Å². The fourth-order valence-corrected chi connectivity index (χ4v) is 5.28. The zero-order valence-electron chi connectivity index (χ0n) is 15.5. The van der Waals surface area contributed by atoms with Crippen LogP contribution in [0.15, 0.2) is 54.6 Å². The summed E-state index contributed by atoms with van der Waals surface area (Å²) in [6.45, 7) is 1.82. The van der Waals surface area contributed by atoms with E-state index in [1.165, 1.54) is 6.08 Å². The number of hydrogen-bond acceptors (Lipinski definition) is 4.